The lowest BCUT2D eigenvalue weighted by Gasteiger charge is -2.08. The zero-order valence-corrected chi connectivity index (χ0v) is 11.0. The van der Waals surface area contributed by atoms with Crippen molar-refractivity contribution in [3.05, 3.63) is 49.6 Å². The topological polar surface area (TPSA) is 33.1 Å². The van der Waals surface area contributed by atoms with Gasteiger partial charge in [0.2, 0.25) is 0 Å². The number of rotatable bonds is 2. The van der Waals surface area contributed by atoms with Crippen LogP contribution in [0.5, 0.6) is 0 Å². The Balaban J connectivity index is 2.39. The van der Waals surface area contributed by atoms with Gasteiger partial charge in [-0.05, 0) is 28.1 Å². The van der Waals surface area contributed by atoms with E-state index in [0.717, 1.165) is 6.20 Å². The van der Waals surface area contributed by atoms with Gasteiger partial charge in [-0.2, -0.15) is 0 Å². The lowest BCUT2D eigenvalue weighted by molar-refractivity contribution is 0.218. The summed E-state index contributed by atoms with van der Waals surface area (Å²) in [5.41, 5.74) is 0.195. The summed E-state index contributed by atoms with van der Waals surface area (Å²) in [5.74, 6) is -0.532. The second kappa shape index (κ2) is 4.79. The highest BCUT2D eigenvalue weighted by Gasteiger charge is 2.18. The molecule has 0 amide bonds. The molecule has 0 aliphatic rings. The molecule has 0 saturated heterocycles. The van der Waals surface area contributed by atoms with Crippen molar-refractivity contribution in [1.29, 1.82) is 0 Å². The molecule has 2 aromatic heterocycles. The highest BCUT2D eigenvalue weighted by atomic mass is 79.9. The van der Waals surface area contributed by atoms with Gasteiger partial charge < -0.3 is 5.11 Å². The summed E-state index contributed by atoms with van der Waals surface area (Å²) in [6, 6.07) is 3.12. The summed E-state index contributed by atoms with van der Waals surface area (Å²) in [6.45, 7) is 0. The third kappa shape index (κ3) is 2.27. The van der Waals surface area contributed by atoms with Crippen molar-refractivity contribution in [2.24, 2.45) is 0 Å². The average molecular weight is 323 g/mol. The summed E-state index contributed by atoms with van der Waals surface area (Å²) < 4.78 is 14.6. The predicted octanol–water partition coefficient (Wildman–Crippen LogP) is 3.78. The molecule has 2 rings (SSSR count). The van der Waals surface area contributed by atoms with Crippen LogP contribution in [0.25, 0.3) is 0 Å². The maximum absolute atomic E-state index is 13.4. The van der Waals surface area contributed by atoms with Gasteiger partial charge in [0.25, 0.3) is 0 Å². The van der Waals surface area contributed by atoms with E-state index in [1.54, 1.807) is 6.07 Å². The Morgan fingerprint density at radius 1 is 1.56 bits per heavy atom. The van der Waals surface area contributed by atoms with Gasteiger partial charge in [0, 0.05) is 21.1 Å². The Hall–Kier alpha value is -0.490. The third-order valence-corrected chi connectivity index (χ3v) is 4.56. The number of thiophene rings is 1. The summed E-state index contributed by atoms with van der Waals surface area (Å²) in [5, 5.41) is 9.97. The smallest absolute Gasteiger partial charge is 0.147 e. The van der Waals surface area contributed by atoms with Crippen molar-refractivity contribution in [2.45, 2.75) is 6.10 Å². The molecule has 0 aromatic carbocycles. The number of hydrogen-bond acceptors (Lipinski definition) is 3. The minimum absolute atomic E-state index is 0.195. The maximum atomic E-state index is 13.4. The van der Waals surface area contributed by atoms with Crippen molar-refractivity contribution in [3.8, 4) is 0 Å². The van der Waals surface area contributed by atoms with Gasteiger partial charge in [-0.15, -0.1) is 11.3 Å². The minimum Gasteiger partial charge on any atom is -0.383 e. The molecule has 16 heavy (non-hydrogen) atoms. The van der Waals surface area contributed by atoms with Crippen molar-refractivity contribution >= 4 is 38.9 Å². The molecule has 1 N–H and O–H groups in total. The van der Waals surface area contributed by atoms with Crippen LogP contribution in [-0.4, -0.2) is 10.1 Å². The van der Waals surface area contributed by atoms with Gasteiger partial charge >= 0.3 is 0 Å². The van der Waals surface area contributed by atoms with Crippen LogP contribution in [0, 0.1) is 5.82 Å². The number of hydrogen-bond donors (Lipinski definition) is 1. The summed E-state index contributed by atoms with van der Waals surface area (Å²) in [6.07, 6.45) is 1.49. The van der Waals surface area contributed by atoms with E-state index in [2.05, 4.69) is 20.9 Å². The molecule has 2 nitrogen and oxygen atoms in total. The van der Waals surface area contributed by atoms with Crippen LogP contribution in [0.15, 0.2) is 29.0 Å². The Bertz CT molecular complexity index is 500. The van der Waals surface area contributed by atoms with E-state index in [-0.39, 0.29) is 5.56 Å². The van der Waals surface area contributed by atoms with Gasteiger partial charge in [0.05, 0.1) is 6.20 Å². The average Bonchev–Trinajstić information content (AvgIpc) is 2.59. The van der Waals surface area contributed by atoms with Crippen LogP contribution in [0.4, 0.5) is 4.39 Å². The first-order chi connectivity index (χ1) is 7.59. The van der Waals surface area contributed by atoms with Crippen molar-refractivity contribution < 1.29 is 9.50 Å². The van der Waals surface area contributed by atoms with Crippen molar-refractivity contribution in [1.82, 2.24) is 4.98 Å². The second-order valence-electron chi connectivity index (χ2n) is 3.07. The fourth-order valence-electron chi connectivity index (χ4n) is 1.26. The molecule has 0 spiro atoms. The predicted molar refractivity (Wildman–Crippen MR) is 65.3 cm³/mol. The van der Waals surface area contributed by atoms with E-state index in [0.29, 0.717) is 13.7 Å². The molecular formula is C10H6BrClFNOS. The van der Waals surface area contributed by atoms with Crippen LogP contribution in [0.2, 0.25) is 4.34 Å². The molecule has 84 valence electrons. The molecule has 2 aromatic rings. The second-order valence-corrected chi connectivity index (χ2v) is 5.61. The van der Waals surface area contributed by atoms with Gasteiger partial charge in [0.15, 0.2) is 0 Å². The van der Waals surface area contributed by atoms with E-state index in [4.69, 9.17) is 11.6 Å². The zero-order valence-electron chi connectivity index (χ0n) is 7.82. The van der Waals surface area contributed by atoms with Crippen molar-refractivity contribution in [3.63, 3.8) is 0 Å². The number of pyridine rings is 1. The number of aliphatic hydroxyl groups is 1. The number of halogens is 3. The molecule has 0 aliphatic carbocycles. The van der Waals surface area contributed by atoms with E-state index in [1.807, 2.05) is 0 Å². The highest BCUT2D eigenvalue weighted by molar-refractivity contribution is 9.10. The molecular weight excluding hydrogens is 317 g/mol. The standard InChI is InChI=1S/C10H6BrClFNOS/c11-6-3-8(16-10(6)12)9(15)5-1-2-14-4-7(5)13/h1-4,9,15H. The molecule has 0 aliphatic heterocycles. The van der Waals surface area contributed by atoms with E-state index in [9.17, 15) is 9.50 Å². The van der Waals surface area contributed by atoms with Crippen molar-refractivity contribution in [2.75, 3.05) is 0 Å². The Morgan fingerprint density at radius 3 is 2.88 bits per heavy atom. The van der Waals surface area contributed by atoms with Gasteiger partial charge in [0.1, 0.15) is 16.3 Å². The summed E-state index contributed by atoms with van der Waals surface area (Å²) in [7, 11) is 0. The molecule has 0 radical (unpaired) electrons. The third-order valence-electron chi connectivity index (χ3n) is 2.03. The monoisotopic (exact) mass is 321 g/mol. The molecule has 2 heterocycles. The molecule has 1 unspecified atom stereocenters. The van der Waals surface area contributed by atoms with Crippen LogP contribution >= 0.6 is 38.9 Å². The van der Waals surface area contributed by atoms with Crippen LogP contribution in [-0.2, 0) is 0 Å². The molecule has 0 bridgehead atoms. The highest BCUT2D eigenvalue weighted by Crippen LogP contribution is 2.37. The lowest BCUT2D eigenvalue weighted by Crippen LogP contribution is -2.00. The number of aliphatic hydroxyl groups excluding tert-OH is 1. The Morgan fingerprint density at radius 2 is 2.31 bits per heavy atom. The quantitative estimate of drug-likeness (QED) is 0.913. The minimum atomic E-state index is -1.02. The normalized spacial score (nSPS) is 12.8. The first-order valence-corrected chi connectivity index (χ1v) is 6.30. The first-order valence-electron chi connectivity index (χ1n) is 4.32. The van der Waals surface area contributed by atoms with Crippen LogP contribution in [0.3, 0.4) is 0 Å². The van der Waals surface area contributed by atoms with Gasteiger partial charge in [-0.1, -0.05) is 11.6 Å². The number of nitrogens with zero attached hydrogens (tertiary/aromatic N) is 1. The van der Waals surface area contributed by atoms with E-state index in [1.165, 1.54) is 23.6 Å². The fraction of sp³-hybridized carbons (Fsp3) is 0.100. The van der Waals surface area contributed by atoms with E-state index < -0.39 is 11.9 Å². The maximum Gasteiger partial charge on any atom is 0.147 e. The summed E-state index contributed by atoms with van der Waals surface area (Å²) in [4.78, 5) is 4.21. The molecule has 6 heteroatoms. The Labute approximate surface area is 109 Å². The molecule has 1 atom stereocenters. The zero-order chi connectivity index (χ0) is 11.7. The summed E-state index contributed by atoms with van der Waals surface area (Å²) >= 11 is 10.3. The van der Waals surface area contributed by atoms with Gasteiger partial charge in [-0.3, -0.25) is 4.98 Å². The van der Waals surface area contributed by atoms with Crippen LogP contribution in [0.1, 0.15) is 16.5 Å². The SMILES string of the molecule is OC(c1cc(Br)c(Cl)s1)c1ccncc1F. The largest absolute Gasteiger partial charge is 0.383 e. The van der Waals surface area contributed by atoms with Crippen LogP contribution < -0.4 is 0 Å². The first kappa shape index (κ1) is 12.0. The van der Waals surface area contributed by atoms with Gasteiger partial charge in [-0.25, -0.2) is 4.39 Å². The molecule has 0 saturated carbocycles. The number of aromatic nitrogens is 1. The Kier molecular flexibility index (Phi) is 3.59. The fourth-order valence-corrected chi connectivity index (χ4v) is 3.00. The van der Waals surface area contributed by atoms with E-state index >= 15 is 0 Å². The lowest BCUT2D eigenvalue weighted by atomic mass is 10.1. The molecule has 0 fully saturated rings.